The number of carbonyl (C=O) groups excluding carboxylic acids is 4. The van der Waals surface area contributed by atoms with Crippen LogP contribution in [-0.2, 0) is 16.1 Å². The van der Waals surface area contributed by atoms with Gasteiger partial charge < -0.3 is 14.2 Å². The van der Waals surface area contributed by atoms with Crippen LogP contribution in [0.5, 0.6) is 5.75 Å². The van der Waals surface area contributed by atoms with Crippen LogP contribution in [-0.4, -0.2) is 38.0 Å². The lowest BCUT2D eigenvalue weighted by molar-refractivity contribution is 0.0467. The molecule has 0 fully saturated rings. The lowest BCUT2D eigenvalue weighted by atomic mass is 10.1. The Morgan fingerprint density at radius 2 is 1.50 bits per heavy atom. The van der Waals surface area contributed by atoms with E-state index in [9.17, 15) is 19.2 Å². The van der Waals surface area contributed by atoms with E-state index in [1.165, 1.54) is 26.4 Å². The fraction of sp³-hybridized carbons (Fsp3) is 0.120. The fourth-order valence-electron chi connectivity index (χ4n) is 3.53. The molecule has 4 rings (SSSR count). The van der Waals surface area contributed by atoms with Crippen LogP contribution >= 0.6 is 11.6 Å². The first kappa shape index (κ1) is 23.0. The van der Waals surface area contributed by atoms with Gasteiger partial charge in [0.1, 0.15) is 17.9 Å². The third-order valence-corrected chi connectivity index (χ3v) is 5.57. The number of imide groups is 1. The van der Waals surface area contributed by atoms with Crippen LogP contribution in [0.15, 0.2) is 60.7 Å². The predicted molar refractivity (Wildman–Crippen MR) is 122 cm³/mol. The van der Waals surface area contributed by atoms with Gasteiger partial charge in [-0.05, 0) is 35.9 Å². The smallest absolute Gasteiger partial charge is 0.342 e. The summed E-state index contributed by atoms with van der Waals surface area (Å²) in [5.74, 6) is -2.14. The second-order valence-corrected chi connectivity index (χ2v) is 7.67. The molecule has 0 atom stereocenters. The largest absolute Gasteiger partial charge is 0.496 e. The van der Waals surface area contributed by atoms with E-state index in [0.717, 1.165) is 4.90 Å². The van der Waals surface area contributed by atoms with Gasteiger partial charge in [0, 0.05) is 6.07 Å². The van der Waals surface area contributed by atoms with Crippen LogP contribution in [0.1, 0.15) is 47.0 Å². The summed E-state index contributed by atoms with van der Waals surface area (Å²) in [5.41, 5.74) is 1.68. The summed E-state index contributed by atoms with van der Waals surface area (Å²) < 4.78 is 15.3. The van der Waals surface area contributed by atoms with Crippen molar-refractivity contribution in [3.05, 3.63) is 93.5 Å². The molecule has 8 nitrogen and oxygen atoms in total. The number of ether oxygens (including phenoxy) is 3. The summed E-state index contributed by atoms with van der Waals surface area (Å²) in [6.07, 6.45) is 0. The molecule has 172 valence electrons. The topological polar surface area (TPSA) is 99.2 Å². The molecule has 0 saturated carbocycles. The highest BCUT2D eigenvalue weighted by Crippen LogP contribution is 2.38. The van der Waals surface area contributed by atoms with Gasteiger partial charge in [0.2, 0.25) is 0 Å². The Labute approximate surface area is 199 Å². The molecule has 0 radical (unpaired) electrons. The zero-order valence-electron chi connectivity index (χ0n) is 18.2. The minimum absolute atomic E-state index is 0.00434. The number of carbonyl (C=O) groups is 4. The average molecular weight is 480 g/mol. The minimum atomic E-state index is -0.718. The molecule has 0 aliphatic carbocycles. The summed E-state index contributed by atoms with van der Waals surface area (Å²) in [5, 5.41) is 0.00434. The third kappa shape index (κ3) is 4.11. The first-order chi connectivity index (χ1) is 16.3. The van der Waals surface area contributed by atoms with Gasteiger partial charge in [0.25, 0.3) is 11.8 Å². The highest BCUT2D eigenvalue weighted by molar-refractivity contribution is 6.40. The maximum absolute atomic E-state index is 12.8. The van der Waals surface area contributed by atoms with Crippen LogP contribution < -0.4 is 9.64 Å². The molecule has 0 spiro atoms. The molecule has 9 heteroatoms. The van der Waals surface area contributed by atoms with Crippen molar-refractivity contribution >= 4 is 41.0 Å². The van der Waals surface area contributed by atoms with Crippen molar-refractivity contribution < 1.29 is 33.4 Å². The predicted octanol–water partition coefficient (Wildman–Crippen LogP) is 4.29. The van der Waals surface area contributed by atoms with Gasteiger partial charge in [0.05, 0.1) is 41.6 Å². The SMILES string of the molecule is COC(=O)c1ccc(COC(=O)c2cc(Cl)c(N3C(=O)c4ccccc4C3=O)cc2OC)cc1. The van der Waals surface area contributed by atoms with Crippen LogP contribution in [0, 0.1) is 0 Å². The first-order valence-electron chi connectivity index (χ1n) is 10.1. The fourth-order valence-corrected chi connectivity index (χ4v) is 3.78. The number of amides is 2. The van der Waals surface area contributed by atoms with E-state index < -0.39 is 23.8 Å². The zero-order valence-corrected chi connectivity index (χ0v) is 18.9. The van der Waals surface area contributed by atoms with Gasteiger partial charge in [0.15, 0.2) is 0 Å². The quantitative estimate of drug-likeness (QED) is 0.384. The average Bonchev–Trinajstić information content (AvgIpc) is 3.12. The standard InChI is InChI=1S/C25H18ClNO7/c1-32-21-12-20(27-22(28)16-5-3-4-6-17(16)23(27)29)19(26)11-18(21)25(31)34-13-14-7-9-15(10-8-14)24(30)33-2/h3-12H,13H2,1-2H3. The minimum Gasteiger partial charge on any atom is -0.496 e. The van der Waals surface area contributed by atoms with Crippen LogP contribution in [0.3, 0.4) is 0 Å². The Kier molecular flexibility index (Phi) is 6.34. The number of halogens is 1. The number of fused-ring (bicyclic) bond motifs is 1. The number of esters is 2. The first-order valence-corrected chi connectivity index (χ1v) is 10.4. The molecule has 1 aliphatic rings. The molecular weight excluding hydrogens is 462 g/mol. The zero-order chi connectivity index (χ0) is 24.4. The molecule has 34 heavy (non-hydrogen) atoms. The van der Waals surface area contributed by atoms with Crippen molar-refractivity contribution in [3.8, 4) is 5.75 Å². The summed E-state index contributed by atoms with van der Waals surface area (Å²) >= 11 is 6.38. The molecule has 2 amide bonds. The number of rotatable bonds is 6. The Bertz CT molecular complexity index is 1280. The van der Waals surface area contributed by atoms with E-state index in [1.54, 1.807) is 48.5 Å². The number of benzene rings is 3. The maximum Gasteiger partial charge on any atom is 0.342 e. The van der Waals surface area contributed by atoms with Crippen molar-refractivity contribution in [3.63, 3.8) is 0 Å². The highest BCUT2D eigenvalue weighted by Gasteiger charge is 2.38. The Morgan fingerprint density at radius 3 is 2.06 bits per heavy atom. The van der Waals surface area contributed by atoms with Crippen molar-refractivity contribution in [1.82, 2.24) is 0 Å². The van der Waals surface area contributed by atoms with Crippen molar-refractivity contribution in [1.29, 1.82) is 0 Å². The Morgan fingerprint density at radius 1 is 0.882 bits per heavy atom. The molecular formula is C25H18ClNO7. The van der Waals surface area contributed by atoms with Gasteiger partial charge >= 0.3 is 11.9 Å². The Balaban J connectivity index is 1.55. The summed E-state index contributed by atoms with van der Waals surface area (Å²) in [4.78, 5) is 50.8. The highest BCUT2D eigenvalue weighted by atomic mass is 35.5. The number of methoxy groups -OCH3 is 2. The normalized spacial score (nSPS) is 12.4. The molecule has 0 N–H and O–H groups in total. The van der Waals surface area contributed by atoms with E-state index >= 15 is 0 Å². The van der Waals surface area contributed by atoms with Crippen molar-refractivity contribution in [2.24, 2.45) is 0 Å². The van der Waals surface area contributed by atoms with E-state index in [1.807, 2.05) is 0 Å². The third-order valence-electron chi connectivity index (χ3n) is 5.27. The molecule has 0 unspecified atom stereocenters. The van der Waals surface area contributed by atoms with Crippen LogP contribution in [0.4, 0.5) is 5.69 Å². The van der Waals surface area contributed by atoms with Gasteiger partial charge in [-0.3, -0.25) is 9.59 Å². The van der Waals surface area contributed by atoms with E-state index in [0.29, 0.717) is 11.1 Å². The second kappa shape index (κ2) is 9.36. The molecule has 1 aliphatic heterocycles. The molecule has 0 saturated heterocycles. The molecule has 3 aromatic carbocycles. The summed E-state index contributed by atoms with van der Waals surface area (Å²) in [6.45, 7) is -0.0682. The second-order valence-electron chi connectivity index (χ2n) is 7.26. The van der Waals surface area contributed by atoms with Gasteiger partial charge in [-0.2, -0.15) is 0 Å². The van der Waals surface area contributed by atoms with Crippen molar-refractivity contribution in [2.45, 2.75) is 6.61 Å². The summed E-state index contributed by atoms with van der Waals surface area (Å²) in [7, 11) is 2.63. The lowest BCUT2D eigenvalue weighted by Gasteiger charge is -2.18. The number of nitrogens with zero attached hydrogens (tertiary/aromatic N) is 1. The van der Waals surface area contributed by atoms with E-state index in [-0.39, 0.29) is 39.8 Å². The Hall–Kier alpha value is -4.17. The number of hydrogen-bond donors (Lipinski definition) is 0. The molecule has 3 aromatic rings. The maximum atomic E-state index is 12.8. The van der Waals surface area contributed by atoms with Crippen LogP contribution in [0.2, 0.25) is 5.02 Å². The monoisotopic (exact) mass is 479 g/mol. The number of hydrogen-bond acceptors (Lipinski definition) is 7. The van der Waals surface area contributed by atoms with Gasteiger partial charge in [-0.15, -0.1) is 0 Å². The molecule has 0 bridgehead atoms. The van der Waals surface area contributed by atoms with Gasteiger partial charge in [-0.1, -0.05) is 35.9 Å². The van der Waals surface area contributed by atoms with Gasteiger partial charge in [-0.25, -0.2) is 14.5 Å². The van der Waals surface area contributed by atoms with E-state index in [2.05, 4.69) is 4.74 Å². The van der Waals surface area contributed by atoms with Crippen molar-refractivity contribution in [2.75, 3.05) is 19.1 Å². The summed E-state index contributed by atoms with van der Waals surface area (Å²) in [6, 6.07) is 15.5. The van der Waals surface area contributed by atoms with E-state index in [4.69, 9.17) is 21.1 Å². The molecule has 1 heterocycles. The lowest BCUT2D eigenvalue weighted by Crippen LogP contribution is -2.29. The molecule has 0 aromatic heterocycles. The van der Waals surface area contributed by atoms with Crippen LogP contribution in [0.25, 0.3) is 0 Å². The number of anilines is 1.